The van der Waals surface area contributed by atoms with Crippen molar-refractivity contribution in [1.82, 2.24) is 0 Å². The third-order valence-corrected chi connectivity index (χ3v) is 9.41. The van der Waals surface area contributed by atoms with Crippen LogP contribution in [-0.2, 0) is 9.16 Å². The topological polar surface area (TPSA) is 38.7 Å². The highest BCUT2D eigenvalue weighted by atomic mass is 28.4. The molecule has 3 nitrogen and oxygen atoms in total. The van der Waals surface area contributed by atoms with E-state index >= 15 is 0 Å². The van der Waals surface area contributed by atoms with Gasteiger partial charge >= 0.3 is 0 Å². The van der Waals surface area contributed by atoms with Crippen LogP contribution >= 0.6 is 0 Å². The van der Waals surface area contributed by atoms with E-state index in [0.717, 1.165) is 32.1 Å². The molecule has 1 rings (SSSR count). The third-order valence-electron chi connectivity index (χ3n) is 4.91. The van der Waals surface area contributed by atoms with Crippen LogP contribution in [0.5, 0.6) is 0 Å². The molecule has 0 aromatic rings. The first-order chi connectivity index (χ1) is 9.71. The summed E-state index contributed by atoms with van der Waals surface area (Å²) in [6.45, 7) is 15.3. The second-order valence-corrected chi connectivity index (χ2v) is 12.4. The van der Waals surface area contributed by atoms with Gasteiger partial charge in [-0.3, -0.25) is 0 Å². The Balaban J connectivity index is 2.70. The zero-order chi connectivity index (χ0) is 16.1. The number of hydrogen-bond acceptors (Lipinski definition) is 3. The van der Waals surface area contributed by atoms with Crippen LogP contribution in [0.25, 0.3) is 0 Å². The van der Waals surface area contributed by atoms with Crippen molar-refractivity contribution in [3.05, 3.63) is 12.7 Å². The molecule has 124 valence electrons. The molecule has 0 aromatic heterocycles. The molecule has 1 N–H and O–H groups in total. The third kappa shape index (κ3) is 5.51. The smallest absolute Gasteiger partial charge is 0.192 e. The minimum absolute atomic E-state index is 0.0000741. The summed E-state index contributed by atoms with van der Waals surface area (Å²) in [4.78, 5) is 0. The first-order valence-electron chi connectivity index (χ1n) is 8.26. The molecule has 0 radical (unpaired) electrons. The number of rotatable bonds is 8. The van der Waals surface area contributed by atoms with Gasteiger partial charge in [0.15, 0.2) is 8.32 Å². The molecule has 4 heteroatoms. The van der Waals surface area contributed by atoms with Crippen LogP contribution in [0.2, 0.25) is 18.1 Å². The predicted molar refractivity (Wildman–Crippen MR) is 91.1 cm³/mol. The first-order valence-corrected chi connectivity index (χ1v) is 11.2. The van der Waals surface area contributed by atoms with Gasteiger partial charge in [-0.1, -0.05) is 26.8 Å². The summed E-state index contributed by atoms with van der Waals surface area (Å²) in [6, 6.07) is 0. The highest BCUT2D eigenvalue weighted by Crippen LogP contribution is 2.39. The Morgan fingerprint density at radius 1 is 1.38 bits per heavy atom. The lowest BCUT2D eigenvalue weighted by Crippen LogP contribution is -2.47. The molecule has 0 aromatic carbocycles. The van der Waals surface area contributed by atoms with E-state index in [1.165, 1.54) is 0 Å². The highest BCUT2D eigenvalue weighted by Gasteiger charge is 2.42. The molecule has 1 aliphatic rings. The molecule has 1 heterocycles. The maximum Gasteiger partial charge on any atom is 0.192 e. The lowest BCUT2D eigenvalue weighted by Gasteiger charge is -2.40. The van der Waals surface area contributed by atoms with Crippen molar-refractivity contribution in [3.8, 4) is 0 Å². The monoisotopic (exact) mass is 314 g/mol. The van der Waals surface area contributed by atoms with Crippen LogP contribution in [-0.4, -0.2) is 38.3 Å². The van der Waals surface area contributed by atoms with Gasteiger partial charge in [0.25, 0.3) is 0 Å². The number of unbranched alkanes of at least 4 members (excludes halogenated alkanes) is 1. The van der Waals surface area contributed by atoms with Crippen LogP contribution in [0, 0.1) is 0 Å². The maximum absolute atomic E-state index is 9.27. The Morgan fingerprint density at radius 3 is 2.52 bits per heavy atom. The molecule has 1 fully saturated rings. The Kier molecular flexibility index (Phi) is 7.11. The van der Waals surface area contributed by atoms with Crippen molar-refractivity contribution in [1.29, 1.82) is 0 Å². The molecule has 21 heavy (non-hydrogen) atoms. The van der Waals surface area contributed by atoms with Gasteiger partial charge in [-0.05, 0) is 50.2 Å². The second kappa shape index (κ2) is 7.91. The van der Waals surface area contributed by atoms with Crippen molar-refractivity contribution in [3.63, 3.8) is 0 Å². The summed E-state index contributed by atoms with van der Waals surface area (Å²) in [6.07, 6.45) is 7.33. The number of allylic oxidation sites excluding steroid dienone is 1. The zero-order valence-corrected chi connectivity index (χ0v) is 15.5. The fraction of sp³-hybridized carbons (Fsp3) is 0.882. The molecule has 0 saturated carbocycles. The number of aliphatic hydroxyl groups excluding tert-OH is 1. The van der Waals surface area contributed by atoms with Crippen LogP contribution in [0.1, 0.15) is 52.9 Å². The van der Waals surface area contributed by atoms with Crippen molar-refractivity contribution in [2.45, 2.75) is 89.3 Å². The van der Waals surface area contributed by atoms with E-state index in [1.54, 1.807) is 0 Å². The van der Waals surface area contributed by atoms with Gasteiger partial charge < -0.3 is 14.3 Å². The van der Waals surface area contributed by atoms with E-state index in [0.29, 0.717) is 0 Å². The number of ether oxygens (including phenoxy) is 1. The van der Waals surface area contributed by atoms with E-state index in [9.17, 15) is 5.11 Å². The van der Waals surface area contributed by atoms with Crippen LogP contribution in [0.15, 0.2) is 12.7 Å². The van der Waals surface area contributed by atoms with Gasteiger partial charge in [-0.15, -0.1) is 6.58 Å². The largest absolute Gasteiger partial charge is 0.411 e. The zero-order valence-electron chi connectivity index (χ0n) is 14.5. The van der Waals surface area contributed by atoms with Crippen molar-refractivity contribution in [2.75, 3.05) is 6.61 Å². The average Bonchev–Trinajstić information content (AvgIpc) is 2.85. The van der Waals surface area contributed by atoms with Crippen LogP contribution in [0.3, 0.4) is 0 Å². The summed E-state index contributed by atoms with van der Waals surface area (Å²) in [7, 11) is -1.80. The van der Waals surface area contributed by atoms with Gasteiger partial charge in [-0.2, -0.15) is 0 Å². The summed E-state index contributed by atoms with van der Waals surface area (Å²) >= 11 is 0. The predicted octanol–water partition coefficient (Wildman–Crippen LogP) is 4.27. The molecular formula is C17H34O3Si. The summed E-state index contributed by atoms with van der Waals surface area (Å²) in [5, 5.41) is 9.48. The number of hydrogen-bond donors (Lipinski definition) is 1. The van der Waals surface area contributed by atoms with Crippen molar-refractivity contribution < 1.29 is 14.3 Å². The molecular weight excluding hydrogens is 280 g/mol. The molecule has 0 amide bonds. The average molecular weight is 315 g/mol. The summed E-state index contributed by atoms with van der Waals surface area (Å²) in [5.41, 5.74) is 0. The first kappa shape index (κ1) is 18.9. The quantitative estimate of drug-likeness (QED) is 0.413. The Bertz CT molecular complexity index is 322. The minimum Gasteiger partial charge on any atom is -0.411 e. The molecule has 0 bridgehead atoms. The fourth-order valence-corrected chi connectivity index (χ4v) is 3.86. The lowest BCUT2D eigenvalue weighted by molar-refractivity contribution is -0.0466. The van der Waals surface area contributed by atoms with Crippen LogP contribution < -0.4 is 0 Å². The molecule has 1 saturated heterocycles. The molecule has 0 unspecified atom stereocenters. The Hall–Kier alpha value is -0.163. The SMILES string of the molecule is C=CCCC[C@@H](O[Si](C)(C)C(C)(C)C)[C@H]1CC[C@H](CO)O1. The fourth-order valence-electron chi connectivity index (χ4n) is 2.48. The molecule has 0 spiro atoms. The van der Waals surface area contributed by atoms with Gasteiger partial charge in [0, 0.05) is 0 Å². The number of aliphatic hydroxyl groups is 1. The Morgan fingerprint density at radius 2 is 2.05 bits per heavy atom. The second-order valence-electron chi connectivity index (χ2n) is 7.69. The lowest BCUT2D eigenvalue weighted by atomic mass is 10.0. The van der Waals surface area contributed by atoms with Crippen molar-refractivity contribution >= 4 is 8.32 Å². The van der Waals surface area contributed by atoms with Gasteiger partial charge in [0.05, 0.1) is 24.9 Å². The standard InChI is InChI=1S/C17H34O3Si/c1-7-8-9-10-16(15-12-11-14(13-18)19-15)20-21(5,6)17(2,3)4/h7,14-16,18H,1,8-13H2,2-6H3/t14-,15-,16-/m1/s1. The Labute approximate surface area is 131 Å². The summed E-state index contributed by atoms with van der Waals surface area (Å²) < 4.78 is 12.6. The van der Waals surface area contributed by atoms with E-state index in [2.05, 4.69) is 40.4 Å². The van der Waals surface area contributed by atoms with Crippen LogP contribution in [0.4, 0.5) is 0 Å². The normalized spacial score (nSPS) is 25.0. The van der Waals surface area contributed by atoms with E-state index in [-0.39, 0.29) is 30.0 Å². The van der Waals surface area contributed by atoms with Gasteiger partial charge in [0.1, 0.15) is 0 Å². The molecule has 0 aliphatic carbocycles. The van der Waals surface area contributed by atoms with E-state index < -0.39 is 8.32 Å². The minimum atomic E-state index is -1.80. The van der Waals surface area contributed by atoms with Gasteiger partial charge in [0.2, 0.25) is 0 Å². The van der Waals surface area contributed by atoms with Gasteiger partial charge in [-0.25, -0.2) is 0 Å². The maximum atomic E-state index is 9.27. The van der Waals surface area contributed by atoms with Crippen molar-refractivity contribution in [2.24, 2.45) is 0 Å². The molecule has 1 aliphatic heterocycles. The highest BCUT2D eigenvalue weighted by molar-refractivity contribution is 6.74. The molecule has 3 atom stereocenters. The summed E-state index contributed by atoms with van der Waals surface area (Å²) in [5.74, 6) is 0. The van der Waals surface area contributed by atoms with E-state index in [4.69, 9.17) is 9.16 Å². The van der Waals surface area contributed by atoms with E-state index in [1.807, 2.05) is 6.08 Å².